The SMILES string of the molecule is Cc1ccc(C)c(OCc2nnc(SC3CCN(C)C3=O)o2)c1. The number of ether oxygens (including phenoxy) is 1. The number of thioether (sulfide) groups is 1. The van der Waals surface area contributed by atoms with Gasteiger partial charge in [0.2, 0.25) is 5.91 Å². The molecule has 1 atom stereocenters. The average Bonchev–Trinajstić information content (AvgIpc) is 3.10. The van der Waals surface area contributed by atoms with Gasteiger partial charge >= 0.3 is 0 Å². The van der Waals surface area contributed by atoms with Crippen molar-refractivity contribution < 1.29 is 13.9 Å². The Balaban J connectivity index is 1.59. The number of carbonyl (C=O) groups is 1. The second-order valence-electron chi connectivity index (χ2n) is 5.67. The van der Waals surface area contributed by atoms with Crippen LogP contribution in [0, 0.1) is 13.8 Å². The fourth-order valence-corrected chi connectivity index (χ4v) is 3.35. The summed E-state index contributed by atoms with van der Waals surface area (Å²) in [7, 11) is 1.81. The lowest BCUT2D eigenvalue weighted by molar-refractivity contribution is -0.126. The van der Waals surface area contributed by atoms with Crippen molar-refractivity contribution in [1.29, 1.82) is 0 Å². The van der Waals surface area contributed by atoms with Crippen molar-refractivity contribution in [3.05, 3.63) is 35.2 Å². The van der Waals surface area contributed by atoms with Crippen LogP contribution < -0.4 is 4.74 Å². The first-order valence-electron chi connectivity index (χ1n) is 7.47. The van der Waals surface area contributed by atoms with E-state index in [1.165, 1.54) is 11.8 Å². The van der Waals surface area contributed by atoms with Crippen LogP contribution in [-0.2, 0) is 11.4 Å². The molecule has 7 heteroatoms. The maximum absolute atomic E-state index is 11.9. The fourth-order valence-electron chi connectivity index (χ4n) is 2.37. The summed E-state index contributed by atoms with van der Waals surface area (Å²) in [6.45, 7) is 5.00. The third-order valence-corrected chi connectivity index (χ3v) is 4.85. The van der Waals surface area contributed by atoms with Crippen molar-refractivity contribution in [2.45, 2.75) is 37.3 Å². The van der Waals surface area contributed by atoms with Gasteiger partial charge in [-0.2, -0.15) is 0 Å². The van der Waals surface area contributed by atoms with E-state index in [1.54, 1.807) is 11.9 Å². The zero-order valence-corrected chi connectivity index (χ0v) is 14.2. The zero-order chi connectivity index (χ0) is 16.4. The number of benzene rings is 1. The molecule has 1 unspecified atom stereocenters. The minimum atomic E-state index is -0.131. The van der Waals surface area contributed by atoms with Crippen LogP contribution in [0.3, 0.4) is 0 Å². The molecule has 6 nitrogen and oxygen atoms in total. The number of hydrogen-bond donors (Lipinski definition) is 0. The van der Waals surface area contributed by atoms with Gasteiger partial charge in [0.05, 0.1) is 5.25 Å². The fraction of sp³-hybridized carbons (Fsp3) is 0.438. The molecule has 1 aliphatic rings. The lowest BCUT2D eigenvalue weighted by Crippen LogP contribution is -2.23. The van der Waals surface area contributed by atoms with Gasteiger partial charge in [-0.25, -0.2) is 0 Å². The second-order valence-corrected chi connectivity index (χ2v) is 6.83. The summed E-state index contributed by atoms with van der Waals surface area (Å²) >= 11 is 1.32. The molecule has 1 aromatic carbocycles. The molecule has 1 saturated heterocycles. The Labute approximate surface area is 139 Å². The van der Waals surface area contributed by atoms with Gasteiger partial charge in [0.15, 0.2) is 6.61 Å². The molecule has 2 heterocycles. The van der Waals surface area contributed by atoms with Crippen LogP contribution in [0.1, 0.15) is 23.4 Å². The van der Waals surface area contributed by atoms with E-state index in [-0.39, 0.29) is 17.8 Å². The van der Waals surface area contributed by atoms with E-state index in [0.29, 0.717) is 11.1 Å². The van der Waals surface area contributed by atoms with Gasteiger partial charge < -0.3 is 14.1 Å². The van der Waals surface area contributed by atoms with E-state index >= 15 is 0 Å². The Kier molecular flexibility index (Phi) is 4.56. The predicted octanol–water partition coefficient (Wildman–Crippen LogP) is 2.59. The first-order chi connectivity index (χ1) is 11.0. The molecule has 1 aromatic heterocycles. The first-order valence-corrected chi connectivity index (χ1v) is 8.35. The summed E-state index contributed by atoms with van der Waals surface area (Å²) < 4.78 is 11.3. The van der Waals surface area contributed by atoms with Gasteiger partial charge in [-0.05, 0) is 37.5 Å². The zero-order valence-electron chi connectivity index (χ0n) is 13.4. The Hall–Kier alpha value is -2.02. The lowest BCUT2D eigenvalue weighted by Gasteiger charge is -2.08. The normalized spacial score (nSPS) is 17.8. The van der Waals surface area contributed by atoms with Gasteiger partial charge in [-0.3, -0.25) is 4.79 Å². The summed E-state index contributed by atoms with van der Waals surface area (Å²) in [5.74, 6) is 1.33. The largest absolute Gasteiger partial charge is 0.484 e. The summed E-state index contributed by atoms with van der Waals surface area (Å²) in [4.78, 5) is 13.6. The molecule has 1 aliphatic heterocycles. The molecule has 1 amide bonds. The first kappa shape index (κ1) is 15.9. The summed E-state index contributed by atoms with van der Waals surface area (Å²) in [5, 5.41) is 8.25. The number of hydrogen-bond acceptors (Lipinski definition) is 6. The van der Waals surface area contributed by atoms with Crippen LogP contribution >= 0.6 is 11.8 Å². The van der Waals surface area contributed by atoms with Crippen molar-refractivity contribution in [2.75, 3.05) is 13.6 Å². The number of likely N-dealkylation sites (tertiary alicyclic amines) is 1. The third kappa shape index (κ3) is 3.67. The van der Waals surface area contributed by atoms with Crippen LogP contribution in [0.2, 0.25) is 0 Å². The van der Waals surface area contributed by atoms with E-state index in [9.17, 15) is 4.79 Å². The van der Waals surface area contributed by atoms with Crippen molar-refractivity contribution in [3.63, 3.8) is 0 Å². The van der Waals surface area contributed by atoms with Crippen LogP contribution in [0.5, 0.6) is 5.75 Å². The Morgan fingerprint density at radius 3 is 2.96 bits per heavy atom. The third-order valence-electron chi connectivity index (χ3n) is 3.76. The number of aryl methyl sites for hydroxylation is 2. The molecule has 1 fully saturated rings. The highest BCUT2D eigenvalue weighted by Gasteiger charge is 2.31. The molecule has 0 saturated carbocycles. The maximum atomic E-state index is 11.9. The Morgan fingerprint density at radius 2 is 2.22 bits per heavy atom. The van der Waals surface area contributed by atoms with Crippen molar-refractivity contribution >= 4 is 17.7 Å². The molecule has 0 radical (unpaired) electrons. The molecule has 0 aliphatic carbocycles. The van der Waals surface area contributed by atoms with Crippen LogP contribution in [0.15, 0.2) is 27.8 Å². The number of rotatable bonds is 5. The molecular formula is C16H19N3O3S. The van der Waals surface area contributed by atoms with Gasteiger partial charge in [-0.1, -0.05) is 23.9 Å². The van der Waals surface area contributed by atoms with Gasteiger partial charge in [0.25, 0.3) is 11.1 Å². The summed E-state index contributed by atoms with van der Waals surface area (Å²) in [6.07, 6.45) is 0.802. The standard InChI is InChI=1S/C16H19N3O3S/c1-10-4-5-11(2)12(8-10)21-9-14-17-18-16(22-14)23-13-6-7-19(3)15(13)20/h4-5,8,13H,6-7,9H2,1-3H3. The predicted molar refractivity (Wildman–Crippen MR) is 86.4 cm³/mol. The Morgan fingerprint density at radius 1 is 1.39 bits per heavy atom. The molecular weight excluding hydrogens is 314 g/mol. The molecule has 3 rings (SSSR count). The topological polar surface area (TPSA) is 68.5 Å². The number of nitrogens with zero attached hydrogens (tertiary/aromatic N) is 3. The number of aromatic nitrogens is 2. The summed E-state index contributed by atoms with van der Waals surface area (Å²) in [5.41, 5.74) is 2.19. The monoisotopic (exact) mass is 333 g/mol. The maximum Gasteiger partial charge on any atom is 0.277 e. The second kappa shape index (κ2) is 6.62. The summed E-state index contributed by atoms with van der Waals surface area (Å²) in [6, 6.07) is 6.04. The molecule has 0 spiro atoms. The van der Waals surface area contributed by atoms with Gasteiger partial charge in [0, 0.05) is 13.6 Å². The van der Waals surface area contributed by atoms with Crippen molar-refractivity contribution in [1.82, 2.24) is 15.1 Å². The minimum absolute atomic E-state index is 0.112. The molecule has 0 N–H and O–H groups in total. The number of carbonyl (C=O) groups excluding carboxylic acids is 1. The van der Waals surface area contributed by atoms with Crippen LogP contribution in [-0.4, -0.2) is 39.8 Å². The van der Waals surface area contributed by atoms with E-state index in [2.05, 4.69) is 10.2 Å². The smallest absolute Gasteiger partial charge is 0.277 e. The van der Waals surface area contributed by atoms with E-state index in [0.717, 1.165) is 29.8 Å². The molecule has 23 heavy (non-hydrogen) atoms. The highest BCUT2D eigenvalue weighted by Crippen LogP contribution is 2.29. The van der Waals surface area contributed by atoms with E-state index < -0.39 is 0 Å². The molecule has 2 aromatic rings. The van der Waals surface area contributed by atoms with Crippen molar-refractivity contribution in [3.8, 4) is 5.75 Å². The van der Waals surface area contributed by atoms with Crippen LogP contribution in [0.4, 0.5) is 0 Å². The highest BCUT2D eigenvalue weighted by molar-refractivity contribution is 8.00. The van der Waals surface area contributed by atoms with Crippen LogP contribution in [0.25, 0.3) is 0 Å². The molecule has 0 bridgehead atoms. The van der Waals surface area contributed by atoms with Gasteiger partial charge in [-0.15, -0.1) is 10.2 Å². The average molecular weight is 333 g/mol. The quantitative estimate of drug-likeness (QED) is 0.838. The van der Waals surface area contributed by atoms with Gasteiger partial charge in [0.1, 0.15) is 5.75 Å². The lowest BCUT2D eigenvalue weighted by atomic mass is 10.1. The van der Waals surface area contributed by atoms with E-state index in [1.807, 2.05) is 32.0 Å². The minimum Gasteiger partial charge on any atom is -0.484 e. The Bertz CT molecular complexity index is 716. The molecule has 122 valence electrons. The van der Waals surface area contributed by atoms with E-state index in [4.69, 9.17) is 9.15 Å². The highest BCUT2D eigenvalue weighted by atomic mass is 32.2. The van der Waals surface area contributed by atoms with Crippen molar-refractivity contribution in [2.24, 2.45) is 0 Å². The number of amides is 1.